The molecule has 1 aliphatic heterocycles. The molecule has 1 aliphatic rings. The molecule has 5 aromatic rings. The van der Waals surface area contributed by atoms with Crippen molar-refractivity contribution in [2.75, 3.05) is 12.0 Å². The topological polar surface area (TPSA) is 103 Å². The Morgan fingerprint density at radius 3 is 2.09 bits per heavy atom. The van der Waals surface area contributed by atoms with E-state index < -0.39 is 12.1 Å². The van der Waals surface area contributed by atoms with Crippen LogP contribution in [-0.4, -0.2) is 41.8 Å². The number of anilines is 1. The van der Waals surface area contributed by atoms with E-state index in [2.05, 4.69) is 0 Å². The van der Waals surface area contributed by atoms with Gasteiger partial charge < -0.3 is 9.47 Å². The minimum Gasteiger partial charge on any atom is -0.497 e. The number of carbonyl (C=O) groups excluding carboxylic acids is 4. The molecule has 6 rings (SSSR count). The Morgan fingerprint density at radius 2 is 1.47 bits per heavy atom. The van der Waals surface area contributed by atoms with Crippen LogP contribution in [0.5, 0.6) is 5.75 Å². The van der Waals surface area contributed by atoms with E-state index in [0.717, 1.165) is 10.5 Å². The van der Waals surface area contributed by atoms with Gasteiger partial charge >= 0.3 is 5.97 Å². The third kappa shape index (κ3) is 4.93. The number of para-hydroxylation sites is 1. The fourth-order valence-corrected chi connectivity index (χ4v) is 5.18. The molecule has 0 N–H and O–H groups in total. The molecule has 0 aliphatic carbocycles. The maximum Gasteiger partial charge on any atom is 0.339 e. The second-order valence-electron chi connectivity index (χ2n) is 10.2. The first-order chi connectivity index (χ1) is 20.8. The lowest BCUT2D eigenvalue weighted by molar-refractivity contribution is 0.0320. The number of carbonyl (C=O) groups is 4. The molecular weight excluding hydrogens is 544 g/mol. The number of hydrogen-bond donors (Lipinski definition) is 0. The molecule has 212 valence electrons. The summed E-state index contributed by atoms with van der Waals surface area (Å²) in [6.45, 7) is 3.44. The van der Waals surface area contributed by atoms with Crippen LogP contribution in [0, 0.1) is 6.92 Å². The molecule has 8 nitrogen and oxygen atoms in total. The van der Waals surface area contributed by atoms with Gasteiger partial charge in [0, 0.05) is 16.5 Å². The number of ketones is 1. The minimum atomic E-state index is -1.03. The molecule has 2 heterocycles. The van der Waals surface area contributed by atoms with Crippen molar-refractivity contribution in [2.24, 2.45) is 0 Å². The van der Waals surface area contributed by atoms with Crippen molar-refractivity contribution in [1.82, 2.24) is 4.98 Å². The summed E-state index contributed by atoms with van der Waals surface area (Å²) in [4.78, 5) is 58.3. The third-order valence-electron chi connectivity index (χ3n) is 7.50. The molecular formula is C35H26N2O6. The lowest BCUT2D eigenvalue weighted by atomic mass is 10.0. The number of hydrogen-bond acceptors (Lipinski definition) is 7. The van der Waals surface area contributed by atoms with Gasteiger partial charge in [-0.2, -0.15) is 0 Å². The van der Waals surface area contributed by atoms with E-state index in [-0.39, 0.29) is 23.2 Å². The first-order valence-corrected chi connectivity index (χ1v) is 13.6. The number of benzene rings is 4. The molecule has 0 bridgehead atoms. The van der Waals surface area contributed by atoms with Crippen molar-refractivity contribution < 1.29 is 28.7 Å². The van der Waals surface area contributed by atoms with Crippen LogP contribution in [-0.2, 0) is 4.74 Å². The predicted octanol–water partition coefficient (Wildman–Crippen LogP) is 6.45. The zero-order valence-corrected chi connectivity index (χ0v) is 23.7. The number of rotatable bonds is 7. The molecule has 1 unspecified atom stereocenters. The summed E-state index contributed by atoms with van der Waals surface area (Å²) >= 11 is 0. The van der Waals surface area contributed by atoms with Gasteiger partial charge in [0.25, 0.3) is 11.8 Å². The number of esters is 1. The summed E-state index contributed by atoms with van der Waals surface area (Å²) in [5.74, 6) is -1.14. The molecule has 4 aromatic carbocycles. The zero-order chi connectivity index (χ0) is 30.2. The monoisotopic (exact) mass is 570 g/mol. The summed E-state index contributed by atoms with van der Waals surface area (Å²) in [7, 11) is 1.54. The fraction of sp³-hybridized carbons (Fsp3) is 0.114. The maximum atomic E-state index is 13.5. The van der Waals surface area contributed by atoms with Gasteiger partial charge in [-0.3, -0.25) is 14.4 Å². The predicted molar refractivity (Wildman–Crippen MR) is 162 cm³/mol. The van der Waals surface area contributed by atoms with E-state index in [0.29, 0.717) is 50.3 Å². The number of aromatic nitrogens is 1. The largest absolute Gasteiger partial charge is 0.497 e. The lowest BCUT2D eigenvalue weighted by Gasteiger charge is -2.16. The smallest absolute Gasteiger partial charge is 0.339 e. The minimum absolute atomic E-state index is 0.266. The van der Waals surface area contributed by atoms with Crippen LogP contribution in [0.15, 0.2) is 97.1 Å². The number of imide groups is 1. The average molecular weight is 571 g/mol. The molecule has 2 amide bonds. The van der Waals surface area contributed by atoms with Gasteiger partial charge in [0.15, 0.2) is 6.10 Å². The molecule has 0 radical (unpaired) electrons. The molecule has 0 saturated heterocycles. The van der Waals surface area contributed by atoms with E-state index >= 15 is 0 Å². The van der Waals surface area contributed by atoms with Crippen molar-refractivity contribution in [3.8, 4) is 17.0 Å². The third-order valence-corrected chi connectivity index (χ3v) is 7.50. The average Bonchev–Trinajstić information content (AvgIpc) is 3.29. The Bertz CT molecular complexity index is 1890. The molecule has 1 atom stereocenters. The summed E-state index contributed by atoms with van der Waals surface area (Å²) in [6, 6.07) is 27.3. The SMILES string of the molecule is COc1ccc(C(=O)C(C)OC(=O)c2cc(-c3ccc(N4C(=O)c5ccccc5C4=O)cc3)nc3c(C)cccc23)cc1. The second kappa shape index (κ2) is 11.0. The number of fused-ring (bicyclic) bond motifs is 2. The summed E-state index contributed by atoms with van der Waals surface area (Å²) in [6.07, 6.45) is -1.03. The Labute approximate surface area is 247 Å². The quantitative estimate of drug-likeness (QED) is 0.126. The second-order valence-corrected chi connectivity index (χ2v) is 10.2. The van der Waals surface area contributed by atoms with Gasteiger partial charge in [0.1, 0.15) is 5.75 Å². The Balaban J connectivity index is 1.31. The Kier molecular flexibility index (Phi) is 7.03. The number of amides is 2. The number of methoxy groups -OCH3 is 1. The highest BCUT2D eigenvalue weighted by atomic mass is 16.5. The van der Waals surface area contributed by atoms with Crippen molar-refractivity contribution in [1.29, 1.82) is 0 Å². The molecule has 0 spiro atoms. The van der Waals surface area contributed by atoms with Crippen LogP contribution in [0.1, 0.15) is 53.9 Å². The Morgan fingerprint density at radius 1 is 0.814 bits per heavy atom. The molecule has 1 aromatic heterocycles. The number of ether oxygens (including phenoxy) is 2. The highest BCUT2D eigenvalue weighted by Crippen LogP contribution is 2.32. The van der Waals surface area contributed by atoms with Gasteiger partial charge in [0.05, 0.1) is 40.7 Å². The lowest BCUT2D eigenvalue weighted by Crippen LogP contribution is -2.29. The van der Waals surface area contributed by atoms with Crippen molar-refractivity contribution in [3.63, 3.8) is 0 Å². The summed E-state index contributed by atoms with van der Waals surface area (Å²) < 4.78 is 10.8. The highest BCUT2D eigenvalue weighted by molar-refractivity contribution is 6.34. The van der Waals surface area contributed by atoms with Crippen LogP contribution in [0.2, 0.25) is 0 Å². The Hall–Kier alpha value is -5.63. The number of nitrogens with zero attached hydrogens (tertiary/aromatic N) is 2. The summed E-state index contributed by atoms with van der Waals surface area (Å²) in [5.41, 5.74) is 4.47. The fourth-order valence-electron chi connectivity index (χ4n) is 5.18. The molecule has 0 saturated carbocycles. The number of aryl methyl sites for hydroxylation is 1. The van der Waals surface area contributed by atoms with Crippen LogP contribution >= 0.6 is 0 Å². The first-order valence-electron chi connectivity index (χ1n) is 13.6. The van der Waals surface area contributed by atoms with Crippen LogP contribution in [0.25, 0.3) is 22.2 Å². The van der Waals surface area contributed by atoms with E-state index in [1.165, 1.54) is 6.92 Å². The summed E-state index contributed by atoms with van der Waals surface area (Å²) in [5, 5.41) is 0.598. The van der Waals surface area contributed by atoms with Gasteiger partial charge in [-0.1, -0.05) is 42.5 Å². The normalized spacial score (nSPS) is 13.1. The van der Waals surface area contributed by atoms with Crippen molar-refractivity contribution >= 4 is 40.2 Å². The first kappa shape index (κ1) is 27.5. The van der Waals surface area contributed by atoms with Crippen LogP contribution in [0.4, 0.5) is 5.69 Å². The van der Waals surface area contributed by atoms with Gasteiger partial charge in [-0.15, -0.1) is 0 Å². The van der Waals surface area contributed by atoms with Crippen molar-refractivity contribution in [3.05, 3.63) is 125 Å². The van der Waals surface area contributed by atoms with Gasteiger partial charge in [-0.05, 0) is 74.0 Å². The number of Topliss-reactive ketones (excluding diaryl/α,β-unsaturated/α-hetero) is 1. The standard InChI is InChI=1S/C35H26N2O6/c1-20-7-6-10-26-29(35(41)43-21(2)32(38)23-13-17-25(42-3)18-14-23)19-30(36-31(20)26)22-11-15-24(16-12-22)37-33(39)27-8-4-5-9-28(27)34(37)40/h4-19,21H,1-3H3. The zero-order valence-electron chi connectivity index (χ0n) is 23.7. The van der Waals surface area contributed by atoms with E-state index in [9.17, 15) is 19.2 Å². The van der Waals surface area contributed by atoms with E-state index in [1.54, 1.807) is 92.0 Å². The van der Waals surface area contributed by atoms with E-state index in [1.807, 2.05) is 19.1 Å². The van der Waals surface area contributed by atoms with Crippen LogP contribution < -0.4 is 9.64 Å². The van der Waals surface area contributed by atoms with E-state index in [4.69, 9.17) is 14.5 Å². The molecule has 43 heavy (non-hydrogen) atoms. The maximum absolute atomic E-state index is 13.5. The van der Waals surface area contributed by atoms with Gasteiger partial charge in [0.2, 0.25) is 5.78 Å². The number of pyridine rings is 1. The van der Waals surface area contributed by atoms with Gasteiger partial charge in [-0.25, -0.2) is 14.7 Å². The highest BCUT2D eigenvalue weighted by Gasteiger charge is 2.36. The molecule has 8 heteroatoms. The van der Waals surface area contributed by atoms with Crippen LogP contribution in [0.3, 0.4) is 0 Å². The van der Waals surface area contributed by atoms with Crippen molar-refractivity contribution in [2.45, 2.75) is 20.0 Å². The molecule has 0 fully saturated rings.